The molecule has 0 saturated carbocycles. The van der Waals surface area contributed by atoms with Crippen LogP contribution in [-0.2, 0) is 11.2 Å². The zero-order valence-electron chi connectivity index (χ0n) is 14.8. The molecule has 5 heteroatoms. The van der Waals surface area contributed by atoms with Crippen molar-refractivity contribution in [3.05, 3.63) is 33.9 Å². The maximum atomic E-state index is 11.9. The maximum absolute atomic E-state index is 11.9. The van der Waals surface area contributed by atoms with Crippen molar-refractivity contribution < 1.29 is 9.90 Å². The van der Waals surface area contributed by atoms with E-state index in [1.54, 1.807) is 0 Å². The maximum Gasteiger partial charge on any atom is 0.306 e. The van der Waals surface area contributed by atoms with Crippen LogP contribution in [0.15, 0.2) is 22.7 Å². The number of rotatable bonds is 3. The van der Waals surface area contributed by atoms with Gasteiger partial charge >= 0.3 is 5.97 Å². The van der Waals surface area contributed by atoms with E-state index in [9.17, 15) is 9.90 Å². The van der Waals surface area contributed by atoms with Gasteiger partial charge in [-0.2, -0.15) is 0 Å². The molecule has 2 aliphatic heterocycles. The van der Waals surface area contributed by atoms with Crippen LogP contribution in [0, 0.1) is 11.3 Å². The molecule has 2 aromatic rings. The van der Waals surface area contributed by atoms with Gasteiger partial charge in [-0.1, -0.05) is 29.8 Å². The molecule has 0 aliphatic carbocycles. The zero-order valence-corrected chi connectivity index (χ0v) is 16.4. The molecule has 3 atom stereocenters. The number of benzene rings is 1. The molecule has 134 valence electrons. The van der Waals surface area contributed by atoms with Gasteiger partial charge in [0.2, 0.25) is 0 Å². The highest BCUT2D eigenvalue weighted by atomic mass is 79.9. The Balaban J connectivity index is 1.91. The molecule has 1 aromatic carbocycles. The highest BCUT2D eigenvalue weighted by Crippen LogP contribution is 2.55. The van der Waals surface area contributed by atoms with Gasteiger partial charge in [-0.05, 0) is 56.0 Å². The minimum Gasteiger partial charge on any atom is -0.481 e. The summed E-state index contributed by atoms with van der Waals surface area (Å²) in [6, 6.07) is 6.55. The number of carbonyl (C=O) groups is 1. The number of aromatic amines is 1. The molecule has 4 rings (SSSR count). The lowest BCUT2D eigenvalue weighted by Crippen LogP contribution is -2.53. The molecular formula is C20H25BrN2O2. The topological polar surface area (TPSA) is 56.3 Å². The summed E-state index contributed by atoms with van der Waals surface area (Å²) in [4.78, 5) is 18.1. The fourth-order valence-corrected chi connectivity index (χ4v) is 5.69. The summed E-state index contributed by atoms with van der Waals surface area (Å²) >= 11 is 3.59. The first-order valence-corrected chi connectivity index (χ1v) is 10.0. The lowest BCUT2D eigenvalue weighted by atomic mass is 9.61. The molecule has 1 unspecified atom stereocenters. The number of carboxylic acid groups (broad SMARTS) is 1. The van der Waals surface area contributed by atoms with Crippen LogP contribution in [0.2, 0.25) is 0 Å². The number of H-pyrrole nitrogens is 1. The predicted octanol–water partition coefficient (Wildman–Crippen LogP) is 4.74. The molecule has 3 heterocycles. The summed E-state index contributed by atoms with van der Waals surface area (Å²) in [5.41, 5.74) is 3.59. The van der Waals surface area contributed by atoms with Crippen LogP contribution < -0.4 is 0 Å². The van der Waals surface area contributed by atoms with E-state index in [0.29, 0.717) is 0 Å². The Labute approximate surface area is 156 Å². The van der Waals surface area contributed by atoms with E-state index >= 15 is 0 Å². The largest absolute Gasteiger partial charge is 0.481 e. The summed E-state index contributed by atoms with van der Waals surface area (Å²) in [5.74, 6) is -1.02. The second kappa shape index (κ2) is 6.13. The molecular weight excluding hydrogens is 380 g/mol. The third-order valence-electron chi connectivity index (χ3n) is 6.71. The summed E-state index contributed by atoms with van der Waals surface area (Å²) in [5, 5.41) is 11.1. The Bertz CT molecular complexity index is 830. The van der Waals surface area contributed by atoms with E-state index in [-0.39, 0.29) is 17.4 Å². The highest BCUT2D eigenvalue weighted by Gasteiger charge is 2.52. The second-order valence-corrected chi connectivity index (χ2v) is 8.56. The third kappa shape index (κ3) is 2.47. The minimum atomic E-state index is -0.672. The van der Waals surface area contributed by atoms with Gasteiger partial charge < -0.3 is 10.1 Å². The lowest BCUT2D eigenvalue weighted by molar-refractivity contribution is -0.151. The van der Waals surface area contributed by atoms with E-state index < -0.39 is 5.97 Å². The van der Waals surface area contributed by atoms with Crippen LogP contribution in [-0.4, -0.2) is 34.0 Å². The molecule has 0 radical (unpaired) electrons. The fraction of sp³-hybridized carbons (Fsp3) is 0.550. The van der Waals surface area contributed by atoms with Crippen LogP contribution in [0.3, 0.4) is 0 Å². The Hall–Kier alpha value is -1.33. The number of halogens is 1. The monoisotopic (exact) mass is 404 g/mol. The van der Waals surface area contributed by atoms with E-state index in [0.717, 1.165) is 48.8 Å². The summed E-state index contributed by atoms with van der Waals surface area (Å²) in [6.07, 6.45) is 3.99. The van der Waals surface area contributed by atoms with Crippen molar-refractivity contribution in [2.75, 3.05) is 13.1 Å². The summed E-state index contributed by atoms with van der Waals surface area (Å²) < 4.78 is 1.09. The van der Waals surface area contributed by atoms with Crippen LogP contribution in [0.4, 0.5) is 0 Å². The number of nitrogens with one attached hydrogen (secondary N) is 1. The third-order valence-corrected chi connectivity index (χ3v) is 7.21. The number of aliphatic carboxylic acids is 1. The van der Waals surface area contributed by atoms with Crippen LogP contribution in [0.1, 0.15) is 50.4 Å². The Kier molecular flexibility index (Phi) is 4.19. The Morgan fingerprint density at radius 2 is 2.28 bits per heavy atom. The van der Waals surface area contributed by atoms with E-state index in [2.05, 4.69) is 50.9 Å². The van der Waals surface area contributed by atoms with Crippen molar-refractivity contribution in [3.8, 4) is 0 Å². The smallest absolute Gasteiger partial charge is 0.306 e. The van der Waals surface area contributed by atoms with Gasteiger partial charge in [0.25, 0.3) is 0 Å². The van der Waals surface area contributed by atoms with E-state index in [1.807, 2.05) is 6.92 Å². The molecule has 1 fully saturated rings. The molecule has 4 nitrogen and oxygen atoms in total. The summed E-state index contributed by atoms with van der Waals surface area (Å²) in [7, 11) is 0. The molecule has 1 aromatic heterocycles. The summed E-state index contributed by atoms with van der Waals surface area (Å²) in [6.45, 7) is 6.15. The first kappa shape index (κ1) is 17.1. The molecule has 0 amide bonds. The van der Waals surface area contributed by atoms with Crippen molar-refractivity contribution in [1.29, 1.82) is 0 Å². The number of hydrogen-bond acceptors (Lipinski definition) is 2. The fourth-order valence-electron chi connectivity index (χ4n) is 5.33. The quantitative estimate of drug-likeness (QED) is 0.776. The molecule has 1 saturated heterocycles. The Morgan fingerprint density at radius 3 is 3.00 bits per heavy atom. The number of nitrogens with zero attached hydrogens (tertiary/aromatic N) is 1. The number of fused-ring (bicyclic) bond motifs is 5. The van der Waals surface area contributed by atoms with Crippen molar-refractivity contribution in [2.45, 2.75) is 45.6 Å². The van der Waals surface area contributed by atoms with Gasteiger partial charge in [-0.15, -0.1) is 0 Å². The van der Waals surface area contributed by atoms with Gasteiger partial charge in [0.1, 0.15) is 0 Å². The van der Waals surface area contributed by atoms with Crippen LogP contribution in [0.25, 0.3) is 10.9 Å². The van der Waals surface area contributed by atoms with E-state index in [1.165, 1.54) is 16.6 Å². The molecule has 2 aliphatic rings. The van der Waals surface area contributed by atoms with Crippen molar-refractivity contribution in [3.63, 3.8) is 0 Å². The second-order valence-electron chi connectivity index (χ2n) is 7.65. The Morgan fingerprint density at radius 1 is 1.48 bits per heavy atom. The van der Waals surface area contributed by atoms with Gasteiger partial charge in [0.15, 0.2) is 0 Å². The highest BCUT2D eigenvalue weighted by molar-refractivity contribution is 9.10. The predicted molar refractivity (Wildman–Crippen MR) is 103 cm³/mol. The first-order chi connectivity index (χ1) is 12.0. The number of aromatic nitrogens is 1. The number of piperidine rings is 1. The van der Waals surface area contributed by atoms with Gasteiger partial charge in [-0.25, -0.2) is 0 Å². The van der Waals surface area contributed by atoms with Crippen molar-refractivity contribution >= 4 is 32.8 Å². The number of carboxylic acids is 1. The zero-order chi connectivity index (χ0) is 17.8. The van der Waals surface area contributed by atoms with Crippen LogP contribution >= 0.6 is 15.9 Å². The van der Waals surface area contributed by atoms with Gasteiger partial charge in [0, 0.05) is 33.0 Å². The minimum absolute atomic E-state index is 0.173. The SMILES string of the molecule is CC[C@@]1(C(C)C(=O)O)CCCN2CCc3c([nH]c4ccc(Br)cc34)[C@@H]21. The standard InChI is InChI=1S/C20H25BrN2O2/c1-3-20(12(2)19(24)25)8-4-9-23-10-7-14-15-11-13(21)5-6-16(15)22-17(14)18(20)23/h5-6,11-12,18,22H,3-4,7-10H2,1-2H3,(H,24,25)/t12?,18-,20+/m1/s1. The lowest BCUT2D eigenvalue weighted by Gasteiger charge is -2.53. The average molecular weight is 405 g/mol. The number of hydrogen-bond donors (Lipinski definition) is 2. The molecule has 0 spiro atoms. The molecule has 25 heavy (non-hydrogen) atoms. The first-order valence-electron chi connectivity index (χ1n) is 9.25. The van der Waals surface area contributed by atoms with Gasteiger partial charge in [0.05, 0.1) is 12.0 Å². The van der Waals surface area contributed by atoms with Crippen molar-refractivity contribution in [1.82, 2.24) is 9.88 Å². The van der Waals surface area contributed by atoms with Crippen molar-refractivity contribution in [2.24, 2.45) is 11.3 Å². The van der Waals surface area contributed by atoms with Gasteiger partial charge in [-0.3, -0.25) is 9.69 Å². The molecule has 0 bridgehead atoms. The normalized spacial score (nSPS) is 27.7. The van der Waals surface area contributed by atoms with E-state index in [4.69, 9.17) is 0 Å². The molecule has 2 N–H and O–H groups in total. The average Bonchev–Trinajstić information content (AvgIpc) is 2.98. The van der Waals surface area contributed by atoms with Crippen LogP contribution in [0.5, 0.6) is 0 Å².